The average molecular weight is 348 g/mol. The number of halogens is 1. The molecule has 0 fully saturated rings. The minimum atomic E-state index is 0.180. The van der Waals surface area contributed by atoms with Crippen molar-refractivity contribution in [1.29, 1.82) is 0 Å². The van der Waals surface area contributed by atoms with E-state index in [0.29, 0.717) is 0 Å². The average Bonchev–Trinajstić information content (AvgIpc) is 2.38. The van der Waals surface area contributed by atoms with E-state index in [1.807, 2.05) is 32.0 Å². The highest BCUT2D eigenvalue weighted by Gasteiger charge is 2.08. The van der Waals surface area contributed by atoms with Crippen molar-refractivity contribution < 1.29 is 4.74 Å². The third-order valence-electron chi connectivity index (χ3n) is 3.22. The fraction of sp³-hybridized carbons (Fsp3) is 0.333. The smallest absolute Gasteiger partial charge is 0.124 e. The molecule has 2 nitrogen and oxygen atoms in total. The Morgan fingerprint density at radius 1 is 1.14 bits per heavy atom. The summed E-state index contributed by atoms with van der Waals surface area (Å²) in [6, 6.07) is 12.5. The molecule has 2 aromatic rings. The molecule has 3 heteroatoms. The van der Waals surface area contributed by atoms with Gasteiger partial charge in [0.15, 0.2) is 0 Å². The fourth-order valence-corrected chi connectivity index (χ4v) is 3.16. The number of para-hydroxylation sites is 1. The van der Waals surface area contributed by atoms with Gasteiger partial charge in [-0.1, -0.05) is 24.3 Å². The molecule has 2 rings (SSSR count). The van der Waals surface area contributed by atoms with Gasteiger partial charge in [-0.25, -0.2) is 0 Å². The lowest BCUT2D eigenvalue weighted by Gasteiger charge is -2.17. The fourth-order valence-electron chi connectivity index (χ4n) is 2.34. The summed E-state index contributed by atoms with van der Waals surface area (Å²) in [5.74, 6) is 0.945. The van der Waals surface area contributed by atoms with Crippen LogP contribution < -0.4 is 10.1 Å². The van der Waals surface area contributed by atoms with Crippen LogP contribution in [0.5, 0.6) is 5.75 Å². The van der Waals surface area contributed by atoms with E-state index < -0.39 is 0 Å². The summed E-state index contributed by atoms with van der Waals surface area (Å²) in [7, 11) is 0. The quantitative estimate of drug-likeness (QED) is 0.774. The van der Waals surface area contributed by atoms with Gasteiger partial charge < -0.3 is 10.1 Å². The van der Waals surface area contributed by atoms with Crippen LogP contribution in [0.2, 0.25) is 0 Å². The van der Waals surface area contributed by atoms with Crippen molar-refractivity contribution in [2.75, 3.05) is 5.32 Å². The van der Waals surface area contributed by atoms with Crippen LogP contribution in [-0.2, 0) is 6.54 Å². The van der Waals surface area contributed by atoms with Crippen LogP contribution in [0, 0.1) is 13.8 Å². The van der Waals surface area contributed by atoms with Crippen molar-refractivity contribution in [3.8, 4) is 5.75 Å². The molecule has 0 aliphatic rings. The Labute approximate surface area is 135 Å². The molecule has 112 valence electrons. The molecule has 0 amide bonds. The molecular formula is C18H22BrNO. The Balaban J connectivity index is 2.17. The molecule has 0 unspecified atom stereocenters. The molecule has 1 N–H and O–H groups in total. The highest BCUT2D eigenvalue weighted by Crippen LogP contribution is 2.29. The van der Waals surface area contributed by atoms with Crippen molar-refractivity contribution in [3.05, 3.63) is 57.6 Å². The Kier molecular flexibility index (Phi) is 5.29. The molecule has 0 aliphatic heterocycles. The lowest BCUT2D eigenvalue weighted by molar-refractivity contribution is 0.240. The standard InChI is InChI=1S/C18H22BrNO/c1-12(2)21-17-8-6-5-7-15(17)11-20-18-14(4)9-13(3)10-16(18)19/h5-10,12,20H,11H2,1-4H3. The Bertz CT molecular complexity index is 599. The SMILES string of the molecule is Cc1cc(C)c(NCc2ccccc2OC(C)C)c(Br)c1. The van der Waals surface area contributed by atoms with Crippen molar-refractivity contribution in [2.24, 2.45) is 0 Å². The van der Waals surface area contributed by atoms with Crippen LogP contribution >= 0.6 is 15.9 Å². The lowest BCUT2D eigenvalue weighted by atomic mass is 10.1. The van der Waals surface area contributed by atoms with E-state index in [0.717, 1.165) is 28.0 Å². The van der Waals surface area contributed by atoms with Crippen molar-refractivity contribution in [2.45, 2.75) is 40.3 Å². The second-order valence-electron chi connectivity index (χ2n) is 5.57. The molecule has 0 saturated heterocycles. The van der Waals surface area contributed by atoms with Gasteiger partial charge in [-0.05, 0) is 66.9 Å². The number of nitrogens with one attached hydrogen (secondary N) is 1. The Hall–Kier alpha value is -1.48. The number of ether oxygens (including phenoxy) is 1. The van der Waals surface area contributed by atoms with Gasteiger partial charge in [0, 0.05) is 16.6 Å². The molecular weight excluding hydrogens is 326 g/mol. The molecule has 2 aromatic carbocycles. The molecule has 0 bridgehead atoms. The van der Waals surface area contributed by atoms with Crippen molar-refractivity contribution in [1.82, 2.24) is 0 Å². The molecule has 0 aromatic heterocycles. The minimum Gasteiger partial charge on any atom is -0.491 e. The molecule has 0 spiro atoms. The predicted octanol–water partition coefficient (Wildman–Crippen LogP) is 5.47. The Morgan fingerprint density at radius 2 is 1.86 bits per heavy atom. The van der Waals surface area contributed by atoms with Crippen molar-refractivity contribution in [3.63, 3.8) is 0 Å². The summed E-state index contributed by atoms with van der Waals surface area (Å²) >= 11 is 3.64. The van der Waals surface area contributed by atoms with Gasteiger partial charge in [-0.2, -0.15) is 0 Å². The van der Waals surface area contributed by atoms with Crippen LogP contribution in [-0.4, -0.2) is 6.10 Å². The summed E-state index contributed by atoms with van der Waals surface area (Å²) in [5, 5.41) is 3.51. The lowest BCUT2D eigenvalue weighted by Crippen LogP contribution is -2.09. The second kappa shape index (κ2) is 6.99. The number of hydrogen-bond donors (Lipinski definition) is 1. The minimum absolute atomic E-state index is 0.180. The third kappa shape index (κ3) is 4.24. The third-order valence-corrected chi connectivity index (χ3v) is 3.85. The van der Waals surface area contributed by atoms with E-state index in [4.69, 9.17) is 4.74 Å². The summed E-state index contributed by atoms with van der Waals surface area (Å²) in [5.41, 5.74) is 4.80. The molecule has 0 atom stereocenters. The van der Waals surface area contributed by atoms with Gasteiger partial charge in [0.25, 0.3) is 0 Å². The predicted molar refractivity (Wildman–Crippen MR) is 93.1 cm³/mol. The molecule has 0 saturated carbocycles. The molecule has 0 aliphatic carbocycles. The van der Waals surface area contributed by atoms with E-state index in [1.165, 1.54) is 11.1 Å². The highest BCUT2D eigenvalue weighted by molar-refractivity contribution is 9.10. The molecule has 21 heavy (non-hydrogen) atoms. The van der Waals surface area contributed by atoms with Gasteiger partial charge in [0.05, 0.1) is 11.8 Å². The maximum absolute atomic E-state index is 5.86. The number of aryl methyl sites for hydroxylation is 2. The second-order valence-corrected chi connectivity index (χ2v) is 6.42. The molecule has 0 radical (unpaired) electrons. The zero-order valence-corrected chi connectivity index (χ0v) is 14.6. The van der Waals surface area contributed by atoms with Crippen LogP contribution in [0.25, 0.3) is 0 Å². The summed E-state index contributed by atoms with van der Waals surface area (Å²) in [4.78, 5) is 0. The van der Waals surface area contributed by atoms with E-state index in [1.54, 1.807) is 0 Å². The first-order chi connectivity index (χ1) is 9.97. The van der Waals surface area contributed by atoms with Crippen LogP contribution in [0.1, 0.15) is 30.5 Å². The summed E-state index contributed by atoms with van der Waals surface area (Å²) in [6.45, 7) is 9.06. The van der Waals surface area contributed by atoms with E-state index >= 15 is 0 Å². The van der Waals surface area contributed by atoms with Crippen molar-refractivity contribution >= 4 is 21.6 Å². The largest absolute Gasteiger partial charge is 0.491 e. The first kappa shape index (κ1) is 15.9. The van der Waals surface area contributed by atoms with Gasteiger partial charge >= 0.3 is 0 Å². The van der Waals surface area contributed by atoms with Gasteiger partial charge in [0.1, 0.15) is 5.75 Å². The summed E-state index contributed by atoms with van der Waals surface area (Å²) < 4.78 is 6.96. The van der Waals surface area contributed by atoms with Crippen LogP contribution in [0.4, 0.5) is 5.69 Å². The van der Waals surface area contributed by atoms with Crippen LogP contribution in [0.3, 0.4) is 0 Å². The van der Waals surface area contributed by atoms with E-state index in [9.17, 15) is 0 Å². The van der Waals surface area contributed by atoms with Gasteiger partial charge in [0.2, 0.25) is 0 Å². The van der Waals surface area contributed by atoms with E-state index in [-0.39, 0.29) is 6.10 Å². The highest BCUT2D eigenvalue weighted by atomic mass is 79.9. The Morgan fingerprint density at radius 3 is 2.52 bits per heavy atom. The zero-order valence-electron chi connectivity index (χ0n) is 13.0. The number of rotatable bonds is 5. The monoisotopic (exact) mass is 347 g/mol. The number of hydrogen-bond acceptors (Lipinski definition) is 2. The zero-order chi connectivity index (χ0) is 15.4. The van der Waals surface area contributed by atoms with Gasteiger partial charge in [-0.3, -0.25) is 0 Å². The first-order valence-electron chi connectivity index (χ1n) is 7.22. The van der Waals surface area contributed by atoms with Crippen LogP contribution in [0.15, 0.2) is 40.9 Å². The maximum Gasteiger partial charge on any atom is 0.124 e. The topological polar surface area (TPSA) is 21.3 Å². The number of benzene rings is 2. The molecule has 0 heterocycles. The summed E-state index contributed by atoms with van der Waals surface area (Å²) in [6.07, 6.45) is 0.180. The number of anilines is 1. The van der Waals surface area contributed by atoms with E-state index in [2.05, 4.69) is 53.3 Å². The normalized spacial score (nSPS) is 10.8. The maximum atomic E-state index is 5.86. The first-order valence-corrected chi connectivity index (χ1v) is 8.02. The van der Waals surface area contributed by atoms with Gasteiger partial charge in [-0.15, -0.1) is 0 Å².